The first kappa shape index (κ1) is 13.9. The van der Waals surface area contributed by atoms with E-state index in [1.165, 1.54) is 16.9 Å². The summed E-state index contributed by atoms with van der Waals surface area (Å²) in [5.74, 6) is 0.0980. The Bertz CT molecular complexity index is 603. The molecule has 0 unspecified atom stereocenters. The SMILES string of the molecule is CC(=O)c1sc(-c2ccc(C)cc2)nc1C(C)(C)C. The third-order valence-corrected chi connectivity index (χ3v) is 4.16. The summed E-state index contributed by atoms with van der Waals surface area (Å²) in [5, 5.41) is 0.926. The van der Waals surface area contributed by atoms with Crippen molar-refractivity contribution in [3.63, 3.8) is 0 Å². The van der Waals surface area contributed by atoms with Gasteiger partial charge in [0.25, 0.3) is 0 Å². The lowest BCUT2D eigenvalue weighted by molar-refractivity contribution is 0.101. The number of carbonyl (C=O) groups excluding carboxylic acids is 1. The van der Waals surface area contributed by atoms with Crippen molar-refractivity contribution in [3.05, 3.63) is 40.4 Å². The molecule has 0 saturated carbocycles. The topological polar surface area (TPSA) is 30.0 Å². The van der Waals surface area contributed by atoms with Gasteiger partial charge < -0.3 is 0 Å². The number of nitrogens with zero attached hydrogens (tertiary/aromatic N) is 1. The third-order valence-electron chi connectivity index (χ3n) is 2.96. The standard InChI is InChI=1S/C16H19NOS/c1-10-6-8-12(9-7-10)15-17-14(16(3,4)5)13(19-15)11(2)18/h6-9H,1-5H3. The van der Waals surface area contributed by atoms with Crippen LogP contribution in [-0.2, 0) is 5.41 Å². The van der Waals surface area contributed by atoms with Crippen molar-refractivity contribution < 1.29 is 4.79 Å². The second-order valence-electron chi connectivity index (χ2n) is 5.87. The molecule has 1 aromatic heterocycles. The molecule has 100 valence electrons. The summed E-state index contributed by atoms with van der Waals surface area (Å²) in [7, 11) is 0. The Hall–Kier alpha value is -1.48. The number of ketones is 1. The number of hydrogen-bond donors (Lipinski definition) is 0. The van der Waals surface area contributed by atoms with Gasteiger partial charge in [-0.2, -0.15) is 0 Å². The average Bonchev–Trinajstić information content (AvgIpc) is 2.74. The van der Waals surface area contributed by atoms with Crippen LogP contribution in [0.4, 0.5) is 0 Å². The number of aromatic nitrogens is 1. The summed E-state index contributed by atoms with van der Waals surface area (Å²) in [6.45, 7) is 9.95. The molecule has 2 nitrogen and oxygen atoms in total. The van der Waals surface area contributed by atoms with Gasteiger partial charge in [0, 0.05) is 17.9 Å². The number of benzene rings is 1. The first-order valence-electron chi connectivity index (χ1n) is 6.38. The van der Waals surface area contributed by atoms with E-state index in [2.05, 4.69) is 52.0 Å². The highest BCUT2D eigenvalue weighted by molar-refractivity contribution is 7.17. The number of Topliss-reactive ketones (excluding diaryl/α,β-unsaturated/α-hetero) is 1. The molecule has 1 heterocycles. The highest BCUT2D eigenvalue weighted by atomic mass is 32.1. The van der Waals surface area contributed by atoms with Crippen LogP contribution in [0.5, 0.6) is 0 Å². The molecule has 0 bridgehead atoms. The molecule has 0 saturated heterocycles. The number of thiazole rings is 1. The van der Waals surface area contributed by atoms with Crippen LogP contribution in [0.3, 0.4) is 0 Å². The normalized spacial score (nSPS) is 11.6. The fraction of sp³-hybridized carbons (Fsp3) is 0.375. The van der Waals surface area contributed by atoms with Gasteiger partial charge in [-0.15, -0.1) is 11.3 Å². The zero-order valence-corrected chi connectivity index (χ0v) is 12.9. The molecule has 2 aromatic rings. The van der Waals surface area contributed by atoms with E-state index in [-0.39, 0.29) is 11.2 Å². The Morgan fingerprint density at radius 1 is 1.16 bits per heavy atom. The summed E-state index contributed by atoms with van der Waals surface area (Å²) in [6.07, 6.45) is 0. The van der Waals surface area contributed by atoms with Crippen LogP contribution in [0.2, 0.25) is 0 Å². The first-order valence-corrected chi connectivity index (χ1v) is 7.20. The second kappa shape index (κ2) is 4.89. The molecule has 1 aromatic carbocycles. The van der Waals surface area contributed by atoms with Crippen LogP contribution in [0.1, 0.15) is 48.6 Å². The van der Waals surface area contributed by atoms with E-state index < -0.39 is 0 Å². The number of carbonyl (C=O) groups is 1. The lowest BCUT2D eigenvalue weighted by Crippen LogP contribution is -2.15. The maximum atomic E-state index is 11.8. The van der Waals surface area contributed by atoms with Crippen molar-refractivity contribution in [2.24, 2.45) is 0 Å². The third kappa shape index (κ3) is 2.92. The van der Waals surface area contributed by atoms with Crippen molar-refractivity contribution in [1.29, 1.82) is 0 Å². The lowest BCUT2D eigenvalue weighted by Gasteiger charge is -2.16. The van der Waals surface area contributed by atoms with Crippen molar-refractivity contribution in [2.75, 3.05) is 0 Å². The van der Waals surface area contributed by atoms with E-state index in [0.29, 0.717) is 0 Å². The molecular weight excluding hydrogens is 254 g/mol. The van der Waals surface area contributed by atoms with Crippen LogP contribution in [0.25, 0.3) is 10.6 Å². The van der Waals surface area contributed by atoms with Gasteiger partial charge in [0.15, 0.2) is 5.78 Å². The maximum absolute atomic E-state index is 11.8. The molecular formula is C16H19NOS. The highest BCUT2D eigenvalue weighted by Crippen LogP contribution is 2.34. The molecule has 19 heavy (non-hydrogen) atoms. The van der Waals surface area contributed by atoms with Crippen molar-refractivity contribution in [3.8, 4) is 10.6 Å². The summed E-state index contributed by atoms with van der Waals surface area (Å²) in [6, 6.07) is 8.26. The van der Waals surface area contributed by atoms with E-state index in [4.69, 9.17) is 4.98 Å². The van der Waals surface area contributed by atoms with Crippen molar-refractivity contribution in [2.45, 2.75) is 40.0 Å². The minimum Gasteiger partial charge on any atom is -0.294 e. The molecule has 0 amide bonds. The quantitative estimate of drug-likeness (QED) is 0.747. The van der Waals surface area contributed by atoms with Gasteiger partial charge in [-0.05, 0) is 6.92 Å². The summed E-state index contributed by atoms with van der Waals surface area (Å²) in [4.78, 5) is 17.3. The smallest absolute Gasteiger partial charge is 0.171 e. The number of aryl methyl sites for hydroxylation is 1. The molecule has 0 atom stereocenters. The monoisotopic (exact) mass is 273 g/mol. The summed E-state index contributed by atoms with van der Waals surface area (Å²) < 4.78 is 0. The molecule has 0 N–H and O–H groups in total. The zero-order chi connectivity index (χ0) is 14.2. The van der Waals surface area contributed by atoms with E-state index in [1.54, 1.807) is 6.92 Å². The number of rotatable bonds is 2. The van der Waals surface area contributed by atoms with Gasteiger partial charge in [0.1, 0.15) is 5.01 Å². The maximum Gasteiger partial charge on any atom is 0.171 e. The van der Waals surface area contributed by atoms with Crippen LogP contribution in [-0.4, -0.2) is 10.8 Å². The van der Waals surface area contributed by atoms with Crippen LogP contribution in [0, 0.1) is 6.92 Å². The van der Waals surface area contributed by atoms with Gasteiger partial charge in [-0.1, -0.05) is 50.6 Å². The van der Waals surface area contributed by atoms with Crippen molar-refractivity contribution in [1.82, 2.24) is 4.98 Å². The molecule has 2 rings (SSSR count). The summed E-state index contributed by atoms with van der Waals surface area (Å²) in [5.41, 5.74) is 3.10. The van der Waals surface area contributed by atoms with E-state index >= 15 is 0 Å². The second-order valence-corrected chi connectivity index (χ2v) is 6.87. The zero-order valence-electron chi connectivity index (χ0n) is 12.1. The van der Waals surface area contributed by atoms with Gasteiger partial charge in [-0.25, -0.2) is 4.98 Å². The van der Waals surface area contributed by atoms with E-state index in [9.17, 15) is 4.79 Å². The average molecular weight is 273 g/mol. The molecule has 0 aliphatic rings. The predicted octanol–water partition coefficient (Wildman–Crippen LogP) is 4.62. The Labute approximate surface area is 118 Å². The lowest BCUT2D eigenvalue weighted by atomic mass is 9.90. The van der Waals surface area contributed by atoms with Gasteiger partial charge >= 0.3 is 0 Å². The van der Waals surface area contributed by atoms with Gasteiger partial charge in [0.2, 0.25) is 0 Å². The van der Waals surface area contributed by atoms with Crippen LogP contribution in [0.15, 0.2) is 24.3 Å². The minimum atomic E-state index is -0.111. The summed E-state index contributed by atoms with van der Waals surface area (Å²) >= 11 is 1.49. The number of hydrogen-bond acceptors (Lipinski definition) is 3. The molecule has 0 radical (unpaired) electrons. The fourth-order valence-electron chi connectivity index (χ4n) is 1.89. The Morgan fingerprint density at radius 3 is 2.16 bits per heavy atom. The highest BCUT2D eigenvalue weighted by Gasteiger charge is 2.25. The predicted molar refractivity (Wildman–Crippen MR) is 81.0 cm³/mol. The van der Waals surface area contributed by atoms with Crippen LogP contribution < -0.4 is 0 Å². The Kier molecular flexibility index (Phi) is 3.59. The minimum absolute atomic E-state index is 0.0980. The fourth-order valence-corrected chi connectivity index (χ4v) is 3.06. The van der Waals surface area contributed by atoms with Gasteiger partial charge in [-0.3, -0.25) is 4.79 Å². The van der Waals surface area contributed by atoms with Gasteiger partial charge in [0.05, 0.1) is 10.6 Å². The molecule has 0 aliphatic heterocycles. The van der Waals surface area contributed by atoms with E-state index in [0.717, 1.165) is 21.1 Å². The van der Waals surface area contributed by atoms with E-state index in [1.807, 2.05) is 0 Å². The largest absolute Gasteiger partial charge is 0.294 e. The molecule has 0 fully saturated rings. The van der Waals surface area contributed by atoms with Crippen LogP contribution >= 0.6 is 11.3 Å². The molecule has 0 spiro atoms. The first-order chi connectivity index (χ1) is 8.79. The Balaban J connectivity index is 2.55. The molecule has 0 aliphatic carbocycles. The Morgan fingerprint density at radius 2 is 1.74 bits per heavy atom. The molecule has 3 heteroatoms. The van der Waals surface area contributed by atoms with Crippen molar-refractivity contribution >= 4 is 17.1 Å².